The molecule has 0 aromatic heterocycles. The number of rotatable bonds is 5. The molecule has 4 heteroatoms. The molecule has 0 aliphatic carbocycles. The second-order valence-corrected chi connectivity index (χ2v) is 5.99. The predicted molar refractivity (Wildman–Crippen MR) is 90.9 cm³/mol. The number of hydrogen-bond donors (Lipinski definition) is 1. The van der Waals surface area contributed by atoms with Crippen LogP contribution in [0.25, 0.3) is 0 Å². The Morgan fingerprint density at radius 1 is 1.14 bits per heavy atom. The summed E-state index contributed by atoms with van der Waals surface area (Å²) < 4.78 is 0.912. The van der Waals surface area contributed by atoms with Crippen LogP contribution in [0.3, 0.4) is 0 Å². The first-order valence-corrected chi connectivity index (χ1v) is 7.65. The zero-order valence-electron chi connectivity index (χ0n) is 12.3. The van der Waals surface area contributed by atoms with Crippen molar-refractivity contribution in [2.75, 3.05) is 25.5 Å². The first kappa shape index (κ1) is 15.6. The second-order valence-electron chi connectivity index (χ2n) is 5.08. The Kier molecular flexibility index (Phi) is 5.39. The van der Waals surface area contributed by atoms with Gasteiger partial charge in [0.15, 0.2) is 0 Å². The predicted octanol–water partition coefficient (Wildman–Crippen LogP) is 3.49. The van der Waals surface area contributed by atoms with E-state index in [0.717, 1.165) is 10.9 Å². The Hall–Kier alpha value is -1.81. The molecule has 0 aliphatic heterocycles. The van der Waals surface area contributed by atoms with Gasteiger partial charge in [-0.15, -0.1) is 0 Å². The monoisotopic (exact) mass is 346 g/mol. The zero-order valence-corrected chi connectivity index (χ0v) is 13.9. The molecule has 2 rings (SSSR count). The molecule has 21 heavy (non-hydrogen) atoms. The van der Waals surface area contributed by atoms with Gasteiger partial charge < -0.3 is 10.2 Å². The molecule has 0 atom stereocenters. The molecule has 2 aromatic rings. The van der Waals surface area contributed by atoms with Gasteiger partial charge in [-0.1, -0.05) is 34.1 Å². The lowest BCUT2D eigenvalue weighted by molar-refractivity contribution is 0.0954. The van der Waals surface area contributed by atoms with Gasteiger partial charge >= 0.3 is 0 Å². The number of amides is 1. The van der Waals surface area contributed by atoms with Crippen LogP contribution in [0.1, 0.15) is 15.9 Å². The van der Waals surface area contributed by atoms with E-state index in [9.17, 15) is 4.79 Å². The fourth-order valence-electron chi connectivity index (χ4n) is 2.01. The maximum absolute atomic E-state index is 12.0. The van der Waals surface area contributed by atoms with Crippen molar-refractivity contribution in [3.63, 3.8) is 0 Å². The third kappa shape index (κ3) is 4.60. The van der Waals surface area contributed by atoms with Gasteiger partial charge in [0, 0.05) is 36.4 Å². The van der Waals surface area contributed by atoms with Crippen molar-refractivity contribution in [2.24, 2.45) is 0 Å². The standard InChI is InChI=1S/C17H19BrN2O/c1-20(2)16-8-6-13(7-9-16)10-11-19-17(21)14-4-3-5-15(18)12-14/h3-9,12H,10-11H2,1-2H3,(H,19,21). The minimum absolute atomic E-state index is 0.0405. The van der Waals surface area contributed by atoms with Crippen molar-refractivity contribution in [3.05, 3.63) is 64.1 Å². The van der Waals surface area contributed by atoms with E-state index in [0.29, 0.717) is 12.1 Å². The van der Waals surface area contributed by atoms with Gasteiger partial charge in [-0.25, -0.2) is 0 Å². The Bertz CT molecular complexity index is 608. The lowest BCUT2D eigenvalue weighted by Crippen LogP contribution is -2.25. The van der Waals surface area contributed by atoms with Crippen molar-refractivity contribution < 1.29 is 4.79 Å². The molecule has 0 saturated heterocycles. The van der Waals surface area contributed by atoms with E-state index < -0.39 is 0 Å². The van der Waals surface area contributed by atoms with Crippen LogP contribution in [0.4, 0.5) is 5.69 Å². The summed E-state index contributed by atoms with van der Waals surface area (Å²) in [6.07, 6.45) is 0.827. The number of nitrogens with zero attached hydrogens (tertiary/aromatic N) is 1. The molecule has 0 aliphatic rings. The molecule has 110 valence electrons. The molecular weight excluding hydrogens is 328 g/mol. The highest BCUT2D eigenvalue weighted by Gasteiger charge is 2.05. The van der Waals surface area contributed by atoms with Crippen LogP contribution in [0, 0.1) is 0 Å². The van der Waals surface area contributed by atoms with E-state index in [1.54, 1.807) is 0 Å². The Balaban J connectivity index is 1.85. The van der Waals surface area contributed by atoms with E-state index in [1.807, 2.05) is 38.4 Å². The SMILES string of the molecule is CN(C)c1ccc(CCNC(=O)c2cccc(Br)c2)cc1. The molecule has 1 N–H and O–H groups in total. The number of anilines is 1. The Labute approximate surface area is 134 Å². The quantitative estimate of drug-likeness (QED) is 0.898. The van der Waals surface area contributed by atoms with Crippen LogP contribution in [-0.2, 0) is 6.42 Å². The third-order valence-corrected chi connectivity index (χ3v) is 3.73. The van der Waals surface area contributed by atoms with E-state index in [2.05, 4.69) is 50.4 Å². The summed E-state index contributed by atoms with van der Waals surface area (Å²) in [6.45, 7) is 0.632. The molecule has 0 heterocycles. The average Bonchev–Trinajstić information content (AvgIpc) is 2.47. The molecule has 3 nitrogen and oxygen atoms in total. The Morgan fingerprint density at radius 3 is 2.48 bits per heavy atom. The van der Waals surface area contributed by atoms with Gasteiger partial charge in [-0.05, 0) is 42.3 Å². The van der Waals surface area contributed by atoms with Crippen molar-refractivity contribution >= 4 is 27.5 Å². The smallest absolute Gasteiger partial charge is 0.251 e. The van der Waals surface area contributed by atoms with Gasteiger partial charge in [-0.2, -0.15) is 0 Å². The van der Waals surface area contributed by atoms with E-state index in [1.165, 1.54) is 11.3 Å². The molecule has 1 amide bonds. The number of nitrogens with one attached hydrogen (secondary N) is 1. The fourth-order valence-corrected chi connectivity index (χ4v) is 2.41. The van der Waals surface area contributed by atoms with Gasteiger partial charge in [0.1, 0.15) is 0 Å². The summed E-state index contributed by atoms with van der Waals surface area (Å²) in [5, 5.41) is 2.94. The largest absolute Gasteiger partial charge is 0.378 e. The number of carbonyl (C=O) groups excluding carboxylic acids is 1. The summed E-state index contributed by atoms with van der Waals surface area (Å²) in [4.78, 5) is 14.1. The van der Waals surface area contributed by atoms with Crippen LogP contribution < -0.4 is 10.2 Å². The van der Waals surface area contributed by atoms with Crippen molar-refractivity contribution in [2.45, 2.75) is 6.42 Å². The molecule has 0 unspecified atom stereocenters. The third-order valence-electron chi connectivity index (χ3n) is 3.24. The number of carbonyl (C=O) groups is 1. The summed E-state index contributed by atoms with van der Waals surface area (Å²) >= 11 is 3.37. The van der Waals surface area contributed by atoms with Crippen LogP contribution in [0.15, 0.2) is 53.0 Å². The number of hydrogen-bond acceptors (Lipinski definition) is 2. The average molecular weight is 347 g/mol. The van der Waals surface area contributed by atoms with Crippen molar-refractivity contribution in [1.29, 1.82) is 0 Å². The van der Waals surface area contributed by atoms with Crippen LogP contribution >= 0.6 is 15.9 Å². The van der Waals surface area contributed by atoms with Gasteiger partial charge in [0.05, 0.1) is 0 Å². The van der Waals surface area contributed by atoms with E-state index >= 15 is 0 Å². The topological polar surface area (TPSA) is 32.3 Å². The first-order chi connectivity index (χ1) is 10.1. The summed E-state index contributed by atoms with van der Waals surface area (Å²) in [5.74, 6) is -0.0405. The van der Waals surface area contributed by atoms with E-state index in [4.69, 9.17) is 0 Å². The highest BCUT2D eigenvalue weighted by atomic mass is 79.9. The summed E-state index contributed by atoms with van der Waals surface area (Å²) in [6, 6.07) is 15.8. The van der Waals surface area contributed by atoms with Crippen molar-refractivity contribution in [3.8, 4) is 0 Å². The first-order valence-electron chi connectivity index (χ1n) is 6.86. The highest BCUT2D eigenvalue weighted by Crippen LogP contribution is 2.13. The lowest BCUT2D eigenvalue weighted by atomic mass is 10.1. The maximum Gasteiger partial charge on any atom is 0.251 e. The number of benzene rings is 2. The minimum atomic E-state index is -0.0405. The van der Waals surface area contributed by atoms with Gasteiger partial charge in [-0.3, -0.25) is 4.79 Å². The molecule has 0 spiro atoms. The summed E-state index contributed by atoms with van der Waals surface area (Å²) in [5.41, 5.74) is 3.07. The normalized spacial score (nSPS) is 10.2. The fraction of sp³-hybridized carbons (Fsp3) is 0.235. The van der Waals surface area contributed by atoms with Gasteiger partial charge in [0.2, 0.25) is 0 Å². The minimum Gasteiger partial charge on any atom is -0.378 e. The Morgan fingerprint density at radius 2 is 1.86 bits per heavy atom. The molecular formula is C17H19BrN2O. The van der Waals surface area contributed by atoms with Crippen LogP contribution in [0.5, 0.6) is 0 Å². The maximum atomic E-state index is 12.0. The summed E-state index contributed by atoms with van der Waals surface area (Å²) in [7, 11) is 4.04. The molecule has 0 fully saturated rings. The molecule has 0 radical (unpaired) electrons. The molecule has 0 bridgehead atoms. The molecule has 2 aromatic carbocycles. The van der Waals surface area contributed by atoms with Crippen LogP contribution in [0.2, 0.25) is 0 Å². The number of halogens is 1. The van der Waals surface area contributed by atoms with Crippen molar-refractivity contribution in [1.82, 2.24) is 5.32 Å². The van der Waals surface area contributed by atoms with Crippen LogP contribution in [-0.4, -0.2) is 26.5 Å². The van der Waals surface area contributed by atoms with E-state index in [-0.39, 0.29) is 5.91 Å². The zero-order chi connectivity index (χ0) is 15.2. The lowest BCUT2D eigenvalue weighted by Gasteiger charge is -2.12. The molecule has 0 saturated carbocycles. The highest BCUT2D eigenvalue weighted by molar-refractivity contribution is 9.10. The van der Waals surface area contributed by atoms with Gasteiger partial charge in [0.25, 0.3) is 5.91 Å². The second kappa shape index (κ2) is 7.27.